The van der Waals surface area contributed by atoms with Gasteiger partial charge in [0.25, 0.3) is 5.91 Å². The number of carbonyl (C=O) groups excluding carboxylic acids is 1. The van der Waals surface area contributed by atoms with Gasteiger partial charge in [0.1, 0.15) is 5.75 Å². The zero-order chi connectivity index (χ0) is 19.2. The zero-order valence-corrected chi connectivity index (χ0v) is 16.1. The molecule has 0 aliphatic rings. The van der Waals surface area contributed by atoms with Gasteiger partial charge in [-0.25, -0.2) is 0 Å². The van der Waals surface area contributed by atoms with Crippen LogP contribution in [0.3, 0.4) is 0 Å². The molecule has 0 aromatic heterocycles. The van der Waals surface area contributed by atoms with Crippen LogP contribution in [-0.4, -0.2) is 12.0 Å². The first kappa shape index (κ1) is 19.0. The van der Waals surface area contributed by atoms with E-state index in [9.17, 15) is 4.79 Å². The molecule has 27 heavy (non-hydrogen) atoms. The fourth-order valence-corrected chi connectivity index (χ4v) is 3.00. The van der Waals surface area contributed by atoms with Crippen LogP contribution in [0.2, 0.25) is 5.02 Å². The fraction of sp³-hybridized carbons (Fsp3) is 0.174. The molecule has 138 valence electrons. The first-order chi connectivity index (χ1) is 13.0. The van der Waals surface area contributed by atoms with E-state index in [2.05, 4.69) is 5.32 Å². The summed E-state index contributed by atoms with van der Waals surface area (Å²) < 4.78 is 5.75. The third-order valence-corrected chi connectivity index (χ3v) is 4.54. The monoisotopic (exact) mass is 379 g/mol. The molecule has 1 N–H and O–H groups in total. The minimum absolute atomic E-state index is 0.190. The van der Waals surface area contributed by atoms with Crippen molar-refractivity contribution < 1.29 is 9.53 Å². The number of hydrogen-bond acceptors (Lipinski definition) is 2. The summed E-state index contributed by atoms with van der Waals surface area (Å²) in [6.45, 7) is 3.77. The van der Waals surface area contributed by atoms with E-state index in [1.165, 1.54) is 5.56 Å². The maximum atomic E-state index is 12.8. The molecule has 0 aliphatic heterocycles. The van der Waals surface area contributed by atoms with Gasteiger partial charge >= 0.3 is 0 Å². The van der Waals surface area contributed by atoms with Gasteiger partial charge in [-0.3, -0.25) is 4.79 Å². The van der Waals surface area contributed by atoms with E-state index in [4.69, 9.17) is 16.3 Å². The highest BCUT2D eigenvalue weighted by Crippen LogP contribution is 2.23. The summed E-state index contributed by atoms with van der Waals surface area (Å²) >= 11 is 5.98. The molecule has 3 aromatic rings. The van der Waals surface area contributed by atoms with Gasteiger partial charge in [0.05, 0.1) is 6.04 Å². The predicted molar refractivity (Wildman–Crippen MR) is 109 cm³/mol. The highest BCUT2D eigenvalue weighted by Gasteiger charge is 2.21. The second kappa shape index (κ2) is 8.74. The molecule has 3 aromatic carbocycles. The molecule has 0 fully saturated rings. The van der Waals surface area contributed by atoms with Crippen molar-refractivity contribution in [1.82, 2.24) is 5.32 Å². The number of halogens is 1. The van der Waals surface area contributed by atoms with Crippen LogP contribution in [0.15, 0.2) is 78.9 Å². The molecular weight excluding hydrogens is 358 g/mol. The first-order valence-electron chi connectivity index (χ1n) is 8.87. The number of benzene rings is 3. The Morgan fingerprint density at radius 2 is 1.59 bits per heavy atom. The minimum atomic E-state index is -0.653. The summed E-state index contributed by atoms with van der Waals surface area (Å²) in [7, 11) is 0. The molecular formula is C23H22ClNO2. The van der Waals surface area contributed by atoms with E-state index < -0.39 is 6.10 Å². The van der Waals surface area contributed by atoms with Crippen LogP contribution < -0.4 is 10.1 Å². The molecule has 0 aliphatic carbocycles. The van der Waals surface area contributed by atoms with Crippen molar-refractivity contribution in [2.45, 2.75) is 26.0 Å². The Bertz CT molecular complexity index is 894. The number of amides is 1. The summed E-state index contributed by atoms with van der Waals surface area (Å²) in [5.74, 6) is 0.376. The number of nitrogens with one attached hydrogen (secondary N) is 1. The van der Waals surface area contributed by atoms with Crippen molar-refractivity contribution in [3.63, 3.8) is 0 Å². The minimum Gasteiger partial charge on any atom is -0.481 e. The molecule has 2 atom stereocenters. The second-order valence-corrected chi connectivity index (χ2v) is 6.92. The molecule has 0 heterocycles. The Hall–Kier alpha value is -2.78. The molecule has 0 saturated carbocycles. The van der Waals surface area contributed by atoms with Gasteiger partial charge in [-0.15, -0.1) is 0 Å². The third kappa shape index (κ3) is 5.11. The molecule has 4 heteroatoms. The summed E-state index contributed by atoms with van der Waals surface area (Å²) in [4.78, 5) is 12.8. The lowest BCUT2D eigenvalue weighted by atomic mass is 9.97. The predicted octanol–water partition coefficient (Wildman–Crippen LogP) is 5.32. The SMILES string of the molecule is Cc1ccc([C@@H](NC(=O)[C@H](C)Oc2cccc(Cl)c2)c2ccccc2)cc1. The Balaban J connectivity index is 1.79. The Morgan fingerprint density at radius 1 is 0.926 bits per heavy atom. The molecule has 1 amide bonds. The van der Waals surface area contributed by atoms with Crippen molar-refractivity contribution in [2.24, 2.45) is 0 Å². The van der Waals surface area contributed by atoms with Crippen LogP contribution in [0.4, 0.5) is 0 Å². The quantitative estimate of drug-likeness (QED) is 0.629. The van der Waals surface area contributed by atoms with Gasteiger partial charge in [0.15, 0.2) is 6.10 Å². The number of hydrogen-bond donors (Lipinski definition) is 1. The standard InChI is InChI=1S/C23H22ClNO2/c1-16-11-13-19(14-12-16)22(18-7-4-3-5-8-18)25-23(26)17(2)27-21-10-6-9-20(24)15-21/h3-15,17,22H,1-2H3,(H,25,26)/t17-,22-/m0/s1. The van der Waals surface area contributed by atoms with E-state index in [1.54, 1.807) is 31.2 Å². The highest BCUT2D eigenvalue weighted by molar-refractivity contribution is 6.30. The van der Waals surface area contributed by atoms with Crippen LogP contribution >= 0.6 is 11.6 Å². The summed E-state index contributed by atoms with van der Waals surface area (Å²) in [5, 5.41) is 3.68. The Kier molecular flexibility index (Phi) is 6.15. The van der Waals surface area contributed by atoms with Crippen LogP contribution in [0.25, 0.3) is 0 Å². The average Bonchev–Trinajstić information content (AvgIpc) is 2.67. The average molecular weight is 380 g/mol. The number of carbonyl (C=O) groups is 1. The fourth-order valence-electron chi connectivity index (χ4n) is 2.82. The van der Waals surface area contributed by atoms with Gasteiger partial charge in [-0.2, -0.15) is 0 Å². The first-order valence-corrected chi connectivity index (χ1v) is 9.25. The Morgan fingerprint density at radius 3 is 2.26 bits per heavy atom. The van der Waals surface area contributed by atoms with Crippen molar-refractivity contribution >= 4 is 17.5 Å². The maximum absolute atomic E-state index is 12.8. The highest BCUT2D eigenvalue weighted by atomic mass is 35.5. The maximum Gasteiger partial charge on any atom is 0.261 e. The molecule has 0 radical (unpaired) electrons. The van der Waals surface area contributed by atoms with E-state index >= 15 is 0 Å². The van der Waals surface area contributed by atoms with Crippen LogP contribution in [0.5, 0.6) is 5.75 Å². The normalized spacial score (nSPS) is 12.9. The largest absolute Gasteiger partial charge is 0.481 e. The van der Waals surface area contributed by atoms with E-state index in [1.807, 2.05) is 61.5 Å². The van der Waals surface area contributed by atoms with Gasteiger partial charge in [0.2, 0.25) is 0 Å². The molecule has 0 spiro atoms. The summed E-state index contributed by atoms with van der Waals surface area (Å²) in [5.41, 5.74) is 3.22. The number of rotatable bonds is 6. The smallest absolute Gasteiger partial charge is 0.261 e. The molecule has 3 nitrogen and oxygen atoms in total. The van der Waals surface area contributed by atoms with Crippen LogP contribution in [0.1, 0.15) is 29.7 Å². The number of ether oxygens (including phenoxy) is 1. The molecule has 3 rings (SSSR count). The van der Waals surface area contributed by atoms with Crippen molar-refractivity contribution in [3.8, 4) is 5.75 Å². The second-order valence-electron chi connectivity index (χ2n) is 6.48. The van der Waals surface area contributed by atoms with E-state index in [0.29, 0.717) is 10.8 Å². The van der Waals surface area contributed by atoms with Gasteiger partial charge in [-0.1, -0.05) is 77.8 Å². The van der Waals surface area contributed by atoms with Crippen LogP contribution in [-0.2, 0) is 4.79 Å². The van der Waals surface area contributed by atoms with Gasteiger partial charge in [0, 0.05) is 5.02 Å². The van der Waals surface area contributed by atoms with Crippen molar-refractivity contribution in [3.05, 3.63) is 101 Å². The summed E-state index contributed by atoms with van der Waals surface area (Å²) in [6, 6.07) is 24.9. The van der Waals surface area contributed by atoms with Crippen molar-refractivity contribution in [1.29, 1.82) is 0 Å². The van der Waals surface area contributed by atoms with Crippen LogP contribution in [0, 0.1) is 6.92 Å². The van der Waals surface area contributed by atoms with E-state index in [0.717, 1.165) is 11.1 Å². The molecule has 0 bridgehead atoms. The lowest BCUT2D eigenvalue weighted by Gasteiger charge is -2.23. The third-order valence-electron chi connectivity index (χ3n) is 4.31. The topological polar surface area (TPSA) is 38.3 Å². The van der Waals surface area contributed by atoms with Gasteiger partial charge in [-0.05, 0) is 43.2 Å². The zero-order valence-electron chi connectivity index (χ0n) is 15.4. The Labute approximate surface area is 164 Å². The van der Waals surface area contributed by atoms with Gasteiger partial charge < -0.3 is 10.1 Å². The molecule has 0 saturated heterocycles. The summed E-state index contributed by atoms with van der Waals surface area (Å²) in [6.07, 6.45) is -0.653. The number of aryl methyl sites for hydroxylation is 1. The lowest BCUT2D eigenvalue weighted by Crippen LogP contribution is -2.39. The van der Waals surface area contributed by atoms with E-state index in [-0.39, 0.29) is 11.9 Å². The van der Waals surface area contributed by atoms with Crippen molar-refractivity contribution in [2.75, 3.05) is 0 Å². The lowest BCUT2D eigenvalue weighted by molar-refractivity contribution is -0.127. The molecule has 0 unspecified atom stereocenters.